The molecular formula is C35H36FN5O4. The number of aromatic nitrogens is 3. The molecule has 9 nitrogen and oxygen atoms in total. The highest BCUT2D eigenvalue weighted by molar-refractivity contribution is 6.01. The van der Waals surface area contributed by atoms with E-state index in [4.69, 9.17) is 4.74 Å². The van der Waals surface area contributed by atoms with Crippen molar-refractivity contribution in [2.75, 3.05) is 13.1 Å². The topological polar surface area (TPSA) is 118 Å². The quantitative estimate of drug-likeness (QED) is 0.281. The number of carbonyl (C=O) groups excluding carboxylic acids is 2. The van der Waals surface area contributed by atoms with Gasteiger partial charge in [0.1, 0.15) is 11.9 Å². The molecule has 7 rings (SSSR count). The number of pyridine rings is 1. The van der Waals surface area contributed by atoms with E-state index in [9.17, 15) is 14.7 Å². The number of hydrogen-bond acceptors (Lipinski definition) is 8. The Hall–Kier alpha value is -4.28. The van der Waals surface area contributed by atoms with E-state index >= 15 is 4.39 Å². The maximum atomic E-state index is 16.3. The van der Waals surface area contributed by atoms with Crippen LogP contribution >= 0.6 is 0 Å². The van der Waals surface area contributed by atoms with Gasteiger partial charge in [-0.15, -0.1) is 10.2 Å². The van der Waals surface area contributed by atoms with E-state index < -0.39 is 28.7 Å². The van der Waals surface area contributed by atoms with Crippen LogP contribution in [0.5, 0.6) is 5.88 Å². The van der Waals surface area contributed by atoms with Gasteiger partial charge in [-0.1, -0.05) is 44.2 Å². The van der Waals surface area contributed by atoms with Crippen LogP contribution in [0.1, 0.15) is 68.6 Å². The molecule has 1 aliphatic carbocycles. The zero-order valence-corrected chi connectivity index (χ0v) is 25.4. The first-order valence-corrected chi connectivity index (χ1v) is 15.6. The highest BCUT2D eigenvalue weighted by Gasteiger charge is 2.50. The zero-order valence-electron chi connectivity index (χ0n) is 25.4. The van der Waals surface area contributed by atoms with Crippen LogP contribution in [0.2, 0.25) is 0 Å². The van der Waals surface area contributed by atoms with Crippen molar-refractivity contribution in [1.29, 1.82) is 0 Å². The number of likely N-dealkylation sites (tertiary alicyclic amines) is 1. The predicted molar refractivity (Wildman–Crippen MR) is 166 cm³/mol. The molecule has 2 saturated heterocycles. The van der Waals surface area contributed by atoms with Gasteiger partial charge in [0.2, 0.25) is 17.7 Å². The first-order chi connectivity index (χ1) is 21.6. The Morgan fingerprint density at radius 1 is 1.04 bits per heavy atom. The number of carbonyl (C=O) groups is 2. The third kappa shape index (κ3) is 5.68. The van der Waals surface area contributed by atoms with E-state index in [1.807, 2.05) is 38.1 Å². The third-order valence-electron chi connectivity index (χ3n) is 9.54. The van der Waals surface area contributed by atoms with E-state index in [1.165, 1.54) is 0 Å². The summed E-state index contributed by atoms with van der Waals surface area (Å²) in [4.78, 5) is 30.8. The summed E-state index contributed by atoms with van der Waals surface area (Å²) in [5.41, 5.74) is 2.04. The van der Waals surface area contributed by atoms with E-state index in [2.05, 4.69) is 37.5 Å². The fraction of sp³-hybridized carbons (Fsp3) is 0.400. The fourth-order valence-electron chi connectivity index (χ4n) is 6.70. The molecule has 1 unspecified atom stereocenters. The predicted octanol–water partition coefficient (Wildman–Crippen LogP) is 5.01. The van der Waals surface area contributed by atoms with Crippen molar-refractivity contribution in [3.63, 3.8) is 0 Å². The van der Waals surface area contributed by atoms with Crippen molar-refractivity contribution >= 4 is 22.7 Å². The maximum absolute atomic E-state index is 16.3. The number of nitrogens with one attached hydrogen (secondary N) is 1. The lowest BCUT2D eigenvalue weighted by atomic mass is 9.66. The number of hydrogen-bond donors (Lipinski definition) is 2. The molecule has 45 heavy (non-hydrogen) atoms. The molecular weight excluding hydrogens is 573 g/mol. The Labute approximate surface area is 260 Å². The molecule has 2 aromatic heterocycles. The number of imide groups is 1. The van der Waals surface area contributed by atoms with Crippen LogP contribution in [0.25, 0.3) is 22.2 Å². The lowest BCUT2D eigenvalue weighted by Crippen LogP contribution is -2.55. The van der Waals surface area contributed by atoms with Crippen molar-refractivity contribution in [2.24, 2.45) is 5.41 Å². The van der Waals surface area contributed by atoms with Gasteiger partial charge in [0.05, 0.1) is 22.7 Å². The van der Waals surface area contributed by atoms with Crippen LogP contribution in [0.15, 0.2) is 60.8 Å². The van der Waals surface area contributed by atoms with Gasteiger partial charge in [-0.3, -0.25) is 24.8 Å². The minimum atomic E-state index is -1.41. The van der Waals surface area contributed by atoms with E-state index in [0.717, 1.165) is 29.7 Å². The SMILES string of the molecule is CC1(C)CN(Cc2ccc(-c3ccc(OC4CC4)nn3)cc2)CC[C@@]1(O)c1ccc2ncc(C3CCC(=O)NC3=O)cc2c1F. The summed E-state index contributed by atoms with van der Waals surface area (Å²) < 4.78 is 22.0. The molecule has 2 aromatic carbocycles. The zero-order chi connectivity index (χ0) is 31.3. The molecule has 0 spiro atoms. The lowest BCUT2D eigenvalue weighted by Gasteiger charge is -2.50. The summed E-state index contributed by atoms with van der Waals surface area (Å²) in [5, 5.41) is 23.2. The Bertz CT molecular complexity index is 1770. The second-order valence-corrected chi connectivity index (χ2v) is 13.2. The van der Waals surface area contributed by atoms with Gasteiger partial charge in [0.25, 0.3) is 0 Å². The van der Waals surface area contributed by atoms with Gasteiger partial charge < -0.3 is 9.84 Å². The number of benzene rings is 2. The van der Waals surface area contributed by atoms with Crippen LogP contribution in [0, 0.1) is 11.2 Å². The second-order valence-electron chi connectivity index (χ2n) is 13.2. The molecule has 2 atom stereocenters. The van der Waals surface area contributed by atoms with Crippen LogP contribution in [-0.2, 0) is 21.7 Å². The summed E-state index contributed by atoms with van der Waals surface area (Å²) in [7, 11) is 0. The number of piperidine rings is 2. The second kappa shape index (κ2) is 11.3. The monoisotopic (exact) mass is 609 g/mol. The third-order valence-corrected chi connectivity index (χ3v) is 9.54. The molecule has 232 valence electrons. The molecule has 4 heterocycles. The molecule has 0 bridgehead atoms. The molecule has 4 aromatic rings. The summed E-state index contributed by atoms with van der Waals surface area (Å²) in [6.45, 7) is 5.78. The molecule has 2 aliphatic heterocycles. The number of rotatable bonds is 7. The van der Waals surface area contributed by atoms with Crippen molar-refractivity contribution in [1.82, 2.24) is 25.4 Å². The van der Waals surface area contributed by atoms with Crippen LogP contribution < -0.4 is 10.1 Å². The van der Waals surface area contributed by atoms with Crippen LogP contribution in [0.4, 0.5) is 4.39 Å². The molecule has 1 saturated carbocycles. The molecule has 10 heteroatoms. The fourth-order valence-corrected chi connectivity index (χ4v) is 6.70. The number of halogens is 1. The summed E-state index contributed by atoms with van der Waals surface area (Å²) in [6, 6.07) is 17.0. The first kappa shape index (κ1) is 29.4. The number of fused-ring (bicyclic) bond motifs is 1. The highest BCUT2D eigenvalue weighted by Crippen LogP contribution is 2.48. The average molecular weight is 610 g/mol. The summed E-state index contributed by atoms with van der Waals surface area (Å²) >= 11 is 0. The minimum absolute atomic E-state index is 0.226. The first-order valence-electron chi connectivity index (χ1n) is 15.6. The van der Waals surface area contributed by atoms with Gasteiger partial charge in [0.15, 0.2) is 0 Å². The molecule has 3 fully saturated rings. The van der Waals surface area contributed by atoms with E-state index in [0.29, 0.717) is 49.4 Å². The summed E-state index contributed by atoms with van der Waals surface area (Å²) in [5.74, 6) is -1.24. The minimum Gasteiger partial charge on any atom is -0.473 e. The van der Waals surface area contributed by atoms with Crippen molar-refractivity contribution in [2.45, 2.75) is 70.1 Å². The summed E-state index contributed by atoms with van der Waals surface area (Å²) in [6.07, 6.45) is 4.93. The largest absolute Gasteiger partial charge is 0.473 e. The van der Waals surface area contributed by atoms with E-state index in [-0.39, 0.29) is 29.4 Å². The van der Waals surface area contributed by atoms with Crippen molar-refractivity contribution < 1.29 is 23.8 Å². The maximum Gasteiger partial charge on any atom is 0.234 e. The molecule has 2 N–H and O–H groups in total. The number of nitrogens with zero attached hydrogens (tertiary/aromatic N) is 4. The van der Waals surface area contributed by atoms with Gasteiger partial charge in [-0.05, 0) is 55.0 Å². The smallest absolute Gasteiger partial charge is 0.234 e. The van der Waals surface area contributed by atoms with Crippen LogP contribution in [-0.4, -0.2) is 56.2 Å². The van der Waals surface area contributed by atoms with Gasteiger partial charge in [-0.2, -0.15) is 0 Å². The van der Waals surface area contributed by atoms with E-state index in [1.54, 1.807) is 24.4 Å². The number of aliphatic hydroxyl groups is 1. The Kier molecular flexibility index (Phi) is 7.37. The van der Waals surface area contributed by atoms with Gasteiger partial charge >= 0.3 is 0 Å². The van der Waals surface area contributed by atoms with Crippen LogP contribution in [0.3, 0.4) is 0 Å². The highest BCUT2D eigenvalue weighted by atomic mass is 19.1. The van der Waals surface area contributed by atoms with Gasteiger partial charge in [0, 0.05) is 60.2 Å². The Balaban J connectivity index is 1.06. The molecule has 3 aliphatic rings. The Morgan fingerprint density at radius 3 is 2.53 bits per heavy atom. The Morgan fingerprint density at radius 2 is 1.84 bits per heavy atom. The number of amides is 2. The lowest BCUT2D eigenvalue weighted by molar-refractivity contribution is -0.134. The number of ether oxygens (including phenoxy) is 1. The van der Waals surface area contributed by atoms with Gasteiger partial charge in [-0.25, -0.2) is 4.39 Å². The normalized spacial score (nSPS) is 23.6. The van der Waals surface area contributed by atoms with Crippen molar-refractivity contribution in [3.05, 3.63) is 83.3 Å². The standard InChI is InChI=1S/C35H36FN5O4/c1-34(2)20-41(19-21-3-5-22(6-4-21)28-12-14-31(40-39-28)45-24-7-8-24)16-15-35(34,44)27-10-11-29-26(32(27)36)17-23(18-37-29)25-9-13-30(42)38-33(25)43/h3-6,10-12,14,17-18,24-25,44H,7-9,13,15-16,19-20H2,1-2H3,(H,38,42,43)/t25?,35-/m1/s1. The average Bonchev–Trinajstić information content (AvgIpc) is 3.84. The molecule has 0 radical (unpaired) electrons. The van der Waals surface area contributed by atoms with Crippen molar-refractivity contribution in [3.8, 4) is 17.1 Å². The molecule has 2 amide bonds.